The summed E-state index contributed by atoms with van der Waals surface area (Å²) in [7, 11) is 2.96. The molecular formula is C18H23N3O4S. The third-order valence-electron chi connectivity index (χ3n) is 3.45. The van der Waals surface area contributed by atoms with Gasteiger partial charge in [-0.25, -0.2) is 9.78 Å². The van der Waals surface area contributed by atoms with Gasteiger partial charge in [0.2, 0.25) is 5.13 Å². The molecule has 8 heteroatoms. The molecule has 0 fully saturated rings. The van der Waals surface area contributed by atoms with Gasteiger partial charge in [-0.3, -0.25) is 5.43 Å². The molecule has 0 aliphatic heterocycles. The Hall–Kier alpha value is -2.61. The molecule has 1 N–H and O–H groups in total. The summed E-state index contributed by atoms with van der Waals surface area (Å²) >= 11 is 1.21. The number of carbonyl (C=O) groups is 1. The number of ether oxygens (including phenoxy) is 3. The number of para-hydroxylation sites is 1. The smallest absolute Gasteiger partial charge is 0.350 e. The van der Waals surface area contributed by atoms with Crippen LogP contribution in [0.4, 0.5) is 5.13 Å². The van der Waals surface area contributed by atoms with E-state index in [0.717, 1.165) is 12.0 Å². The summed E-state index contributed by atoms with van der Waals surface area (Å²) in [5.41, 5.74) is 4.33. The third kappa shape index (κ3) is 4.72. The quantitative estimate of drug-likeness (QED) is 0.407. The number of hydrazone groups is 1. The zero-order valence-corrected chi connectivity index (χ0v) is 16.2. The molecule has 1 aromatic carbocycles. The van der Waals surface area contributed by atoms with Crippen LogP contribution in [0, 0.1) is 0 Å². The fourth-order valence-electron chi connectivity index (χ4n) is 2.20. The Bertz CT molecular complexity index is 774. The molecule has 2 aromatic rings. The van der Waals surface area contributed by atoms with Gasteiger partial charge in [0, 0.05) is 5.56 Å². The normalized spacial score (nSPS) is 10.8. The van der Waals surface area contributed by atoms with Gasteiger partial charge in [-0.15, -0.1) is 0 Å². The van der Waals surface area contributed by atoms with Crippen molar-refractivity contribution in [3.63, 3.8) is 0 Å². The monoisotopic (exact) mass is 377 g/mol. The van der Waals surface area contributed by atoms with E-state index in [1.54, 1.807) is 13.3 Å². The van der Waals surface area contributed by atoms with Crippen molar-refractivity contribution in [3.8, 4) is 11.5 Å². The Kier molecular flexibility index (Phi) is 7.40. The van der Waals surface area contributed by atoms with Crippen molar-refractivity contribution in [2.24, 2.45) is 5.10 Å². The first-order valence-corrected chi connectivity index (χ1v) is 9.13. The number of nitrogens with one attached hydrogen (secondary N) is 1. The number of rotatable bonds is 9. The second kappa shape index (κ2) is 9.76. The number of carbonyl (C=O) groups excluding carboxylic acids is 1. The number of aromatic nitrogens is 1. The van der Waals surface area contributed by atoms with Crippen LogP contribution in [0.3, 0.4) is 0 Å². The number of thiazole rings is 1. The summed E-state index contributed by atoms with van der Waals surface area (Å²) in [4.78, 5) is 16.6. The average Bonchev–Trinajstić information content (AvgIpc) is 3.09. The minimum absolute atomic E-state index is 0.389. The van der Waals surface area contributed by atoms with Crippen LogP contribution in [0.25, 0.3) is 0 Å². The maximum absolute atomic E-state index is 11.8. The van der Waals surface area contributed by atoms with Crippen LogP contribution in [0.15, 0.2) is 23.3 Å². The number of benzene rings is 1. The van der Waals surface area contributed by atoms with Crippen molar-refractivity contribution in [2.75, 3.05) is 26.3 Å². The van der Waals surface area contributed by atoms with Crippen LogP contribution < -0.4 is 14.9 Å². The van der Waals surface area contributed by atoms with E-state index in [0.29, 0.717) is 40.2 Å². The maximum Gasteiger partial charge on any atom is 0.350 e. The molecule has 0 aliphatic carbocycles. The highest BCUT2D eigenvalue weighted by Gasteiger charge is 2.17. The van der Waals surface area contributed by atoms with E-state index >= 15 is 0 Å². The molecule has 0 radical (unpaired) electrons. The Morgan fingerprint density at radius 1 is 1.35 bits per heavy atom. The molecule has 0 saturated heterocycles. The van der Waals surface area contributed by atoms with Crippen molar-refractivity contribution in [1.29, 1.82) is 0 Å². The van der Waals surface area contributed by atoms with Crippen molar-refractivity contribution >= 4 is 28.7 Å². The SMILES string of the molecule is CCCOc1c(/C=N\Nc2nc(CC)c(C(=O)OC)s2)cccc1OC. The highest BCUT2D eigenvalue weighted by Crippen LogP contribution is 2.30. The first kappa shape index (κ1) is 19.7. The number of hydrogen-bond acceptors (Lipinski definition) is 8. The van der Waals surface area contributed by atoms with Gasteiger partial charge in [0.05, 0.1) is 32.7 Å². The van der Waals surface area contributed by atoms with Crippen LogP contribution in [-0.4, -0.2) is 38.0 Å². The van der Waals surface area contributed by atoms with Crippen molar-refractivity contribution in [3.05, 3.63) is 34.3 Å². The van der Waals surface area contributed by atoms with Crippen molar-refractivity contribution in [2.45, 2.75) is 26.7 Å². The number of nitrogens with zero attached hydrogens (tertiary/aromatic N) is 2. The maximum atomic E-state index is 11.8. The fourth-order valence-corrected chi connectivity index (χ4v) is 3.12. The molecule has 0 spiro atoms. The van der Waals surface area contributed by atoms with Crippen LogP contribution in [-0.2, 0) is 11.2 Å². The predicted molar refractivity (Wildman–Crippen MR) is 103 cm³/mol. The van der Waals surface area contributed by atoms with Crippen LogP contribution in [0.2, 0.25) is 0 Å². The molecule has 0 atom stereocenters. The topological polar surface area (TPSA) is 82.0 Å². The first-order valence-electron chi connectivity index (χ1n) is 8.31. The highest BCUT2D eigenvalue weighted by atomic mass is 32.1. The van der Waals surface area contributed by atoms with E-state index in [1.807, 2.05) is 32.0 Å². The molecule has 140 valence electrons. The van der Waals surface area contributed by atoms with Gasteiger partial charge in [0.25, 0.3) is 0 Å². The Morgan fingerprint density at radius 2 is 2.15 bits per heavy atom. The van der Waals surface area contributed by atoms with Gasteiger partial charge in [0.15, 0.2) is 11.5 Å². The lowest BCUT2D eigenvalue weighted by Crippen LogP contribution is -2.02. The summed E-state index contributed by atoms with van der Waals surface area (Å²) in [6.07, 6.45) is 3.16. The van der Waals surface area contributed by atoms with Gasteiger partial charge in [-0.05, 0) is 25.0 Å². The number of hydrogen-bond donors (Lipinski definition) is 1. The molecule has 0 aliphatic rings. The zero-order chi connectivity index (χ0) is 18.9. The summed E-state index contributed by atoms with van der Waals surface area (Å²) in [6.45, 7) is 4.56. The standard InChI is InChI=1S/C18H23N3O4S/c1-5-10-25-15-12(8-7-9-14(15)23-3)11-19-21-18-20-13(6-2)16(26-18)17(22)24-4/h7-9,11H,5-6,10H2,1-4H3,(H,20,21)/b19-11-. The Morgan fingerprint density at radius 3 is 2.81 bits per heavy atom. The van der Waals surface area contributed by atoms with E-state index in [2.05, 4.69) is 15.5 Å². The molecule has 7 nitrogen and oxygen atoms in total. The van der Waals surface area contributed by atoms with Crippen LogP contribution in [0.5, 0.6) is 11.5 Å². The minimum Gasteiger partial charge on any atom is -0.493 e. The van der Waals surface area contributed by atoms with Gasteiger partial charge in [-0.2, -0.15) is 5.10 Å². The molecule has 1 heterocycles. The lowest BCUT2D eigenvalue weighted by Gasteiger charge is -2.12. The highest BCUT2D eigenvalue weighted by molar-refractivity contribution is 7.17. The minimum atomic E-state index is -0.389. The van der Waals surface area contributed by atoms with E-state index < -0.39 is 0 Å². The zero-order valence-electron chi connectivity index (χ0n) is 15.4. The largest absolute Gasteiger partial charge is 0.493 e. The molecular weight excluding hydrogens is 354 g/mol. The molecule has 1 aromatic heterocycles. The summed E-state index contributed by atoms with van der Waals surface area (Å²) < 4.78 is 15.9. The number of methoxy groups -OCH3 is 2. The second-order valence-electron chi connectivity index (χ2n) is 5.24. The summed E-state index contributed by atoms with van der Waals surface area (Å²) in [5.74, 6) is 0.906. The average molecular weight is 377 g/mol. The summed E-state index contributed by atoms with van der Waals surface area (Å²) in [5, 5.41) is 4.74. The third-order valence-corrected chi connectivity index (χ3v) is 4.43. The molecule has 0 unspecified atom stereocenters. The molecule has 26 heavy (non-hydrogen) atoms. The van der Waals surface area contributed by atoms with Gasteiger partial charge in [0.1, 0.15) is 4.88 Å². The second-order valence-corrected chi connectivity index (χ2v) is 6.24. The van der Waals surface area contributed by atoms with Crippen LogP contribution in [0.1, 0.15) is 41.2 Å². The molecule has 0 amide bonds. The molecule has 0 saturated carbocycles. The molecule has 2 rings (SSSR count). The van der Waals surface area contributed by atoms with E-state index in [-0.39, 0.29) is 5.97 Å². The number of aryl methyl sites for hydroxylation is 1. The number of anilines is 1. The van der Waals surface area contributed by atoms with E-state index in [1.165, 1.54) is 18.4 Å². The first-order chi connectivity index (χ1) is 12.6. The Balaban J connectivity index is 2.18. The lowest BCUT2D eigenvalue weighted by atomic mass is 10.2. The van der Waals surface area contributed by atoms with E-state index in [4.69, 9.17) is 14.2 Å². The Labute approximate surface area is 157 Å². The van der Waals surface area contributed by atoms with E-state index in [9.17, 15) is 4.79 Å². The van der Waals surface area contributed by atoms with Gasteiger partial charge in [-0.1, -0.05) is 31.3 Å². The van der Waals surface area contributed by atoms with Crippen molar-refractivity contribution in [1.82, 2.24) is 4.98 Å². The van der Waals surface area contributed by atoms with Gasteiger partial charge >= 0.3 is 5.97 Å². The molecule has 0 bridgehead atoms. The van der Waals surface area contributed by atoms with Crippen LogP contribution >= 0.6 is 11.3 Å². The fraction of sp³-hybridized carbons (Fsp3) is 0.389. The van der Waals surface area contributed by atoms with Crippen molar-refractivity contribution < 1.29 is 19.0 Å². The number of esters is 1. The predicted octanol–water partition coefficient (Wildman–Crippen LogP) is 3.74. The van der Waals surface area contributed by atoms with Gasteiger partial charge < -0.3 is 14.2 Å². The summed E-state index contributed by atoms with van der Waals surface area (Å²) in [6, 6.07) is 5.59. The lowest BCUT2D eigenvalue weighted by molar-refractivity contribution is 0.0605.